The molecule has 1 heterocycles. The van der Waals surface area contributed by atoms with Crippen LogP contribution in [0, 0.1) is 0 Å². The Bertz CT molecular complexity index is 255. The van der Waals surface area contributed by atoms with E-state index in [1.165, 1.54) is 11.3 Å². The molecule has 0 fully saturated rings. The van der Waals surface area contributed by atoms with Gasteiger partial charge in [-0.15, -0.1) is 0 Å². The van der Waals surface area contributed by atoms with E-state index >= 15 is 0 Å². The van der Waals surface area contributed by atoms with E-state index in [1.807, 2.05) is 6.20 Å². The minimum atomic E-state index is 0.152. The van der Waals surface area contributed by atoms with E-state index in [9.17, 15) is 0 Å². The highest BCUT2D eigenvalue weighted by Crippen LogP contribution is 2.31. The molecule has 13 heavy (non-hydrogen) atoms. The first-order chi connectivity index (χ1) is 5.73. The lowest BCUT2D eigenvalue weighted by Crippen LogP contribution is -2.20. The number of aromatic nitrogens is 2. The molecule has 74 valence electrons. The lowest BCUT2D eigenvalue weighted by atomic mass is 9.80. The van der Waals surface area contributed by atoms with Crippen molar-refractivity contribution >= 4 is 0 Å². The van der Waals surface area contributed by atoms with Crippen molar-refractivity contribution in [2.24, 2.45) is 0 Å². The highest BCUT2D eigenvalue weighted by atomic mass is 15.1. The first kappa shape index (κ1) is 10.3. The van der Waals surface area contributed by atoms with Gasteiger partial charge in [0, 0.05) is 11.1 Å². The van der Waals surface area contributed by atoms with Gasteiger partial charge in [0.2, 0.25) is 0 Å². The van der Waals surface area contributed by atoms with Crippen LogP contribution in [0.3, 0.4) is 0 Å². The number of aromatic amines is 1. The summed E-state index contributed by atoms with van der Waals surface area (Å²) in [4.78, 5) is 0. The van der Waals surface area contributed by atoms with Crippen LogP contribution >= 0.6 is 0 Å². The topological polar surface area (TPSA) is 28.7 Å². The van der Waals surface area contributed by atoms with Gasteiger partial charge in [-0.05, 0) is 11.0 Å². The maximum atomic E-state index is 4.13. The third-order valence-corrected chi connectivity index (χ3v) is 2.20. The standard InChI is InChI=1S/C11H20N2/c1-10(2,3)8-7-12-13-9(8)11(4,5)6/h7H,1-6H3,(H,12,13). The number of hydrogen-bond acceptors (Lipinski definition) is 1. The average molecular weight is 180 g/mol. The third kappa shape index (κ3) is 2.11. The fraction of sp³-hybridized carbons (Fsp3) is 0.727. The van der Waals surface area contributed by atoms with Crippen molar-refractivity contribution in [1.29, 1.82) is 0 Å². The number of rotatable bonds is 0. The van der Waals surface area contributed by atoms with Crippen LogP contribution in [0.4, 0.5) is 0 Å². The maximum absolute atomic E-state index is 4.13. The molecule has 1 rings (SSSR count). The van der Waals surface area contributed by atoms with Crippen LogP contribution < -0.4 is 0 Å². The fourth-order valence-electron chi connectivity index (χ4n) is 1.43. The maximum Gasteiger partial charge on any atom is 0.0527 e. The molecule has 2 heteroatoms. The average Bonchev–Trinajstić information content (AvgIpc) is 2.27. The van der Waals surface area contributed by atoms with Crippen molar-refractivity contribution in [2.45, 2.75) is 52.4 Å². The Labute approximate surface area is 80.7 Å². The van der Waals surface area contributed by atoms with Gasteiger partial charge in [0.15, 0.2) is 0 Å². The summed E-state index contributed by atoms with van der Waals surface area (Å²) in [5.41, 5.74) is 2.90. The second-order valence-electron chi connectivity index (χ2n) is 5.66. The van der Waals surface area contributed by atoms with E-state index in [0.29, 0.717) is 0 Å². The number of H-pyrrole nitrogens is 1. The normalized spacial score (nSPS) is 13.4. The van der Waals surface area contributed by atoms with Gasteiger partial charge >= 0.3 is 0 Å². The molecule has 0 aliphatic heterocycles. The van der Waals surface area contributed by atoms with E-state index in [1.54, 1.807) is 0 Å². The lowest BCUT2D eigenvalue weighted by Gasteiger charge is -2.25. The van der Waals surface area contributed by atoms with E-state index in [2.05, 4.69) is 51.7 Å². The van der Waals surface area contributed by atoms with Gasteiger partial charge in [-0.2, -0.15) is 5.10 Å². The molecule has 0 aromatic carbocycles. The van der Waals surface area contributed by atoms with Gasteiger partial charge in [-0.3, -0.25) is 5.10 Å². The predicted molar refractivity (Wildman–Crippen MR) is 56.0 cm³/mol. The van der Waals surface area contributed by atoms with Crippen LogP contribution in [-0.2, 0) is 10.8 Å². The van der Waals surface area contributed by atoms with E-state index < -0.39 is 0 Å². The molecule has 0 saturated heterocycles. The molecule has 0 spiro atoms. The van der Waals surface area contributed by atoms with Gasteiger partial charge in [-0.1, -0.05) is 41.5 Å². The summed E-state index contributed by atoms with van der Waals surface area (Å²) in [5.74, 6) is 0. The summed E-state index contributed by atoms with van der Waals surface area (Å²) in [7, 11) is 0. The van der Waals surface area contributed by atoms with Crippen LogP contribution in [0.15, 0.2) is 6.20 Å². The monoisotopic (exact) mass is 180 g/mol. The molecule has 2 nitrogen and oxygen atoms in total. The van der Waals surface area contributed by atoms with E-state index in [-0.39, 0.29) is 10.8 Å². The molecule has 0 aliphatic carbocycles. The Hall–Kier alpha value is -0.790. The first-order valence-electron chi connectivity index (χ1n) is 4.77. The predicted octanol–water partition coefficient (Wildman–Crippen LogP) is 3.00. The van der Waals surface area contributed by atoms with Crippen LogP contribution in [-0.4, -0.2) is 10.2 Å². The second kappa shape index (κ2) is 2.86. The van der Waals surface area contributed by atoms with Crippen LogP contribution in [0.2, 0.25) is 0 Å². The van der Waals surface area contributed by atoms with Gasteiger partial charge in [0.1, 0.15) is 0 Å². The molecule has 0 unspecified atom stereocenters. The first-order valence-corrected chi connectivity index (χ1v) is 4.77. The van der Waals surface area contributed by atoms with Crippen molar-refractivity contribution in [1.82, 2.24) is 10.2 Å². The van der Waals surface area contributed by atoms with Gasteiger partial charge in [-0.25, -0.2) is 0 Å². The van der Waals surface area contributed by atoms with E-state index in [4.69, 9.17) is 0 Å². The molecule has 0 saturated carbocycles. The molecule has 0 bridgehead atoms. The molecule has 0 aliphatic rings. The minimum Gasteiger partial charge on any atom is -0.282 e. The zero-order valence-electron chi connectivity index (χ0n) is 9.52. The minimum absolute atomic E-state index is 0.152. The fourth-order valence-corrected chi connectivity index (χ4v) is 1.43. The highest BCUT2D eigenvalue weighted by molar-refractivity contribution is 5.29. The molecule has 0 amide bonds. The summed E-state index contributed by atoms with van der Waals surface area (Å²) in [5, 5.41) is 7.23. The van der Waals surface area contributed by atoms with Crippen molar-refractivity contribution in [2.75, 3.05) is 0 Å². The Morgan fingerprint density at radius 2 is 1.54 bits per heavy atom. The molecule has 1 aromatic rings. The molecule has 0 atom stereocenters. The zero-order chi connectivity index (χ0) is 10.3. The number of hydrogen-bond donors (Lipinski definition) is 1. The largest absolute Gasteiger partial charge is 0.282 e. The summed E-state index contributed by atoms with van der Waals surface area (Å²) in [6.07, 6.45) is 1.95. The molecule has 1 N–H and O–H groups in total. The third-order valence-electron chi connectivity index (χ3n) is 2.20. The summed E-state index contributed by atoms with van der Waals surface area (Å²) in [6, 6.07) is 0. The molecule has 0 radical (unpaired) electrons. The summed E-state index contributed by atoms with van der Waals surface area (Å²) in [6.45, 7) is 13.3. The van der Waals surface area contributed by atoms with E-state index in [0.717, 1.165) is 0 Å². The number of nitrogens with zero attached hydrogens (tertiary/aromatic N) is 1. The van der Waals surface area contributed by atoms with Crippen LogP contribution in [0.1, 0.15) is 52.8 Å². The lowest BCUT2D eigenvalue weighted by molar-refractivity contribution is 0.520. The van der Waals surface area contributed by atoms with Crippen LogP contribution in [0.5, 0.6) is 0 Å². The highest BCUT2D eigenvalue weighted by Gasteiger charge is 2.26. The van der Waals surface area contributed by atoms with Gasteiger partial charge < -0.3 is 0 Å². The quantitative estimate of drug-likeness (QED) is 0.653. The molecular formula is C11H20N2. The summed E-state index contributed by atoms with van der Waals surface area (Å²) < 4.78 is 0. The van der Waals surface area contributed by atoms with Crippen molar-refractivity contribution in [3.63, 3.8) is 0 Å². The Morgan fingerprint density at radius 3 is 1.85 bits per heavy atom. The Kier molecular flexibility index (Phi) is 2.27. The second-order valence-corrected chi connectivity index (χ2v) is 5.66. The van der Waals surface area contributed by atoms with Gasteiger partial charge in [0.25, 0.3) is 0 Å². The van der Waals surface area contributed by atoms with Crippen molar-refractivity contribution < 1.29 is 0 Å². The summed E-state index contributed by atoms with van der Waals surface area (Å²) >= 11 is 0. The Morgan fingerprint density at radius 1 is 1.00 bits per heavy atom. The van der Waals surface area contributed by atoms with Gasteiger partial charge in [0.05, 0.1) is 6.20 Å². The van der Waals surface area contributed by atoms with Crippen LogP contribution in [0.25, 0.3) is 0 Å². The SMILES string of the molecule is CC(C)(C)c1cn[nH]c1C(C)(C)C. The molecule has 1 aromatic heterocycles. The van der Waals surface area contributed by atoms with Crippen molar-refractivity contribution in [3.05, 3.63) is 17.5 Å². The van der Waals surface area contributed by atoms with Crippen molar-refractivity contribution in [3.8, 4) is 0 Å². The smallest absolute Gasteiger partial charge is 0.0527 e. The Balaban J connectivity index is 3.19. The number of nitrogens with one attached hydrogen (secondary N) is 1. The molecular weight excluding hydrogens is 160 g/mol. The zero-order valence-corrected chi connectivity index (χ0v) is 9.52.